The van der Waals surface area contributed by atoms with E-state index in [2.05, 4.69) is 198 Å². The van der Waals surface area contributed by atoms with Gasteiger partial charge in [0.15, 0.2) is 0 Å². The third-order valence-electron chi connectivity index (χ3n) is 13.1. The summed E-state index contributed by atoms with van der Waals surface area (Å²) in [4.78, 5) is 0. The molecule has 262 valence electrons. The van der Waals surface area contributed by atoms with Crippen molar-refractivity contribution in [3.05, 3.63) is 192 Å². The molecule has 11 rings (SSSR count). The molecule has 0 fully saturated rings. The van der Waals surface area contributed by atoms with Crippen molar-refractivity contribution in [3.8, 4) is 55.6 Å². The fraction of sp³-hybridized carbons (Fsp3) is 0.127. The lowest BCUT2D eigenvalue weighted by atomic mass is 9.79. The van der Waals surface area contributed by atoms with Gasteiger partial charge in [-0.25, -0.2) is 0 Å². The summed E-state index contributed by atoms with van der Waals surface area (Å²) in [5.41, 5.74) is 19.8. The molecule has 0 spiro atoms. The number of rotatable bonds is 3. The second-order valence-electron chi connectivity index (χ2n) is 16.9. The minimum atomic E-state index is -0.155. The molecular weight excluding hydrogens is 661 g/mol. The van der Waals surface area contributed by atoms with Crippen LogP contribution in [0.4, 0.5) is 0 Å². The Balaban J connectivity index is 1.09. The number of fused-ring (bicyclic) bond motifs is 9. The first-order valence-corrected chi connectivity index (χ1v) is 19.7. The highest BCUT2D eigenvalue weighted by Gasteiger charge is 2.37. The minimum absolute atomic E-state index is 0.0617. The first-order chi connectivity index (χ1) is 26.7. The van der Waals surface area contributed by atoms with Gasteiger partial charge in [0.05, 0.1) is 0 Å². The van der Waals surface area contributed by atoms with Gasteiger partial charge >= 0.3 is 0 Å². The van der Waals surface area contributed by atoms with Gasteiger partial charge in [0.1, 0.15) is 0 Å². The third-order valence-corrected chi connectivity index (χ3v) is 13.1. The highest BCUT2D eigenvalue weighted by molar-refractivity contribution is 6.21. The van der Waals surface area contributed by atoms with Crippen LogP contribution in [0.2, 0.25) is 0 Å². The van der Waals surface area contributed by atoms with Crippen molar-refractivity contribution in [2.45, 2.75) is 45.4 Å². The largest absolute Gasteiger partial charge is 0.0619 e. The molecule has 0 N–H and O–H groups in total. The van der Waals surface area contributed by atoms with Crippen molar-refractivity contribution in [1.29, 1.82) is 0 Å². The Morgan fingerprint density at radius 2 is 0.764 bits per heavy atom. The Labute approximate surface area is 323 Å². The van der Waals surface area contributed by atoms with Gasteiger partial charge in [0.25, 0.3) is 0 Å². The van der Waals surface area contributed by atoms with E-state index < -0.39 is 0 Å². The van der Waals surface area contributed by atoms with Crippen molar-refractivity contribution in [2.75, 3.05) is 0 Å². The van der Waals surface area contributed by atoms with Crippen molar-refractivity contribution >= 4 is 32.3 Å². The monoisotopic (exact) mass is 702 g/mol. The topological polar surface area (TPSA) is 0 Å². The minimum Gasteiger partial charge on any atom is -0.0619 e. The predicted octanol–water partition coefficient (Wildman–Crippen LogP) is 15.1. The van der Waals surface area contributed by atoms with Gasteiger partial charge < -0.3 is 0 Å². The van der Waals surface area contributed by atoms with Crippen LogP contribution in [-0.4, -0.2) is 0 Å². The molecule has 0 unspecified atom stereocenters. The molecule has 0 amide bonds. The molecule has 0 heteroatoms. The summed E-state index contributed by atoms with van der Waals surface area (Å²) in [6, 6.07) is 62.1. The Kier molecular flexibility index (Phi) is 6.67. The third kappa shape index (κ3) is 4.52. The quantitative estimate of drug-likeness (QED) is 0.161. The van der Waals surface area contributed by atoms with Crippen LogP contribution in [-0.2, 0) is 10.8 Å². The maximum Gasteiger partial charge on any atom is 0.0159 e. The van der Waals surface area contributed by atoms with Crippen LogP contribution in [0.1, 0.15) is 55.5 Å². The number of hydrogen-bond acceptors (Lipinski definition) is 0. The lowest BCUT2D eigenvalue weighted by Crippen LogP contribution is -2.15. The zero-order valence-electron chi connectivity index (χ0n) is 32.1. The van der Waals surface area contributed by atoms with E-state index in [-0.39, 0.29) is 10.8 Å². The molecule has 0 saturated carbocycles. The molecule has 0 nitrogen and oxygen atoms in total. The Morgan fingerprint density at radius 1 is 0.309 bits per heavy atom. The molecule has 0 aromatic heterocycles. The van der Waals surface area contributed by atoms with Crippen molar-refractivity contribution < 1.29 is 0 Å². The van der Waals surface area contributed by atoms with Crippen LogP contribution in [0, 0.1) is 6.92 Å². The van der Waals surface area contributed by atoms with Gasteiger partial charge in [-0.15, -0.1) is 0 Å². The van der Waals surface area contributed by atoms with Gasteiger partial charge in [0.2, 0.25) is 0 Å². The lowest BCUT2D eigenvalue weighted by Gasteiger charge is -2.24. The van der Waals surface area contributed by atoms with Crippen molar-refractivity contribution in [1.82, 2.24) is 0 Å². The normalized spacial score (nSPS) is 14.6. The van der Waals surface area contributed by atoms with E-state index in [0.717, 1.165) is 0 Å². The maximum absolute atomic E-state index is 2.50. The van der Waals surface area contributed by atoms with Gasteiger partial charge in [-0.2, -0.15) is 0 Å². The van der Waals surface area contributed by atoms with Crippen LogP contribution < -0.4 is 0 Å². The highest BCUT2D eigenvalue weighted by atomic mass is 14.4. The molecule has 0 bridgehead atoms. The Bertz CT molecular complexity index is 3090. The fourth-order valence-corrected chi connectivity index (χ4v) is 10.3. The smallest absolute Gasteiger partial charge is 0.0159 e. The van der Waals surface area contributed by atoms with E-state index >= 15 is 0 Å². The summed E-state index contributed by atoms with van der Waals surface area (Å²) < 4.78 is 0. The highest BCUT2D eigenvalue weighted by Crippen LogP contribution is 2.54. The molecule has 0 radical (unpaired) electrons. The second kappa shape index (κ2) is 11.4. The number of benzene rings is 9. The summed E-state index contributed by atoms with van der Waals surface area (Å²) in [7, 11) is 0. The second-order valence-corrected chi connectivity index (χ2v) is 16.9. The molecule has 0 heterocycles. The van der Waals surface area contributed by atoms with Crippen molar-refractivity contribution in [3.63, 3.8) is 0 Å². The van der Waals surface area contributed by atoms with Crippen LogP contribution >= 0.6 is 0 Å². The number of aryl methyl sites for hydroxylation is 1. The van der Waals surface area contributed by atoms with E-state index in [9.17, 15) is 0 Å². The van der Waals surface area contributed by atoms with E-state index in [1.54, 1.807) is 0 Å². The summed E-state index contributed by atoms with van der Waals surface area (Å²) >= 11 is 0. The molecule has 2 aliphatic rings. The summed E-state index contributed by atoms with van der Waals surface area (Å²) in [5.74, 6) is 0. The standard InChI is InChI=1S/C55H42/c1-33-21-25-46-47(29-33)53(37-24-27-41-40-16-10-11-20-48(40)54(2,3)50(41)32-37)45-18-9-8-17-44(45)52(46)36-23-28-43-42-26-22-35(30-49(42)55(4,5)51(43)31-36)39-19-12-14-34-13-6-7-15-38(34)39/h6-32H,1-5H3. The summed E-state index contributed by atoms with van der Waals surface area (Å²) in [5, 5.41) is 7.78. The van der Waals surface area contributed by atoms with Gasteiger partial charge in [-0.05, 0) is 135 Å². The Morgan fingerprint density at radius 3 is 1.44 bits per heavy atom. The van der Waals surface area contributed by atoms with Crippen LogP contribution in [0.25, 0.3) is 88.0 Å². The lowest BCUT2D eigenvalue weighted by molar-refractivity contribution is 0.660. The fourth-order valence-electron chi connectivity index (χ4n) is 10.3. The van der Waals surface area contributed by atoms with E-state index in [1.165, 1.54) is 116 Å². The molecule has 0 saturated heterocycles. The van der Waals surface area contributed by atoms with Crippen LogP contribution in [0.15, 0.2) is 164 Å². The van der Waals surface area contributed by atoms with E-state index in [1.807, 2.05) is 0 Å². The molecule has 55 heavy (non-hydrogen) atoms. The van der Waals surface area contributed by atoms with Crippen molar-refractivity contribution in [2.24, 2.45) is 0 Å². The van der Waals surface area contributed by atoms with E-state index in [4.69, 9.17) is 0 Å². The van der Waals surface area contributed by atoms with Crippen LogP contribution in [0.3, 0.4) is 0 Å². The van der Waals surface area contributed by atoms with Gasteiger partial charge in [0, 0.05) is 10.8 Å². The maximum atomic E-state index is 2.50. The SMILES string of the molecule is Cc1ccc2c(-c3ccc4c(c3)C(C)(C)c3cc(-c5cccc6ccccc56)ccc3-4)c3ccccc3c(-c3ccc4c(c3)C(C)(C)c3ccccc3-4)c2c1. The summed E-state index contributed by atoms with van der Waals surface area (Å²) in [6.45, 7) is 11.8. The van der Waals surface area contributed by atoms with Gasteiger partial charge in [-0.3, -0.25) is 0 Å². The van der Waals surface area contributed by atoms with E-state index in [0.29, 0.717) is 0 Å². The van der Waals surface area contributed by atoms with Gasteiger partial charge in [-0.1, -0.05) is 179 Å². The average Bonchev–Trinajstić information content (AvgIpc) is 3.58. The Hall–Kier alpha value is -6.24. The zero-order valence-corrected chi connectivity index (χ0v) is 32.1. The molecule has 9 aromatic rings. The number of hydrogen-bond donors (Lipinski definition) is 0. The molecule has 2 aliphatic carbocycles. The molecule has 0 atom stereocenters. The first kappa shape index (κ1) is 32.2. The van der Waals surface area contributed by atoms with Crippen LogP contribution in [0.5, 0.6) is 0 Å². The first-order valence-electron chi connectivity index (χ1n) is 19.7. The predicted molar refractivity (Wildman–Crippen MR) is 235 cm³/mol. The molecule has 9 aromatic carbocycles. The zero-order chi connectivity index (χ0) is 37.2. The summed E-state index contributed by atoms with van der Waals surface area (Å²) in [6.07, 6.45) is 0. The molecule has 0 aliphatic heterocycles. The molecular formula is C55H42. The average molecular weight is 703 g/mol.